The van der Waals surface area contributed by atoms with Crippen LogP contribution in [0.2, 0.25) is 10.0 Å². The van der Waals surface area contributed by atoms with Gasteiger partial charge in [0.2, 0.25) is 0 Å². The minimum atomic E-state index is -0.150. The standard InChI is InChI=1S/C32H29Cl2N3O2/c1-39-24-14-10-20(11-15-24)18-22-7-3-5-9-26-30(32(38)35-28-16-12-21-6-2-4-8-25(21)28)36-37(31(22)26)29-17-13-23(33)19-27(29)34/h2,4,6,8,10-11,13-15,17-19,28H,3,5,7,9,12,16H2,1H3,(H,35,38)/t28-/m1/s1. The van der Waals surface area contributed by atoms with E-state index in [1.165, 1.54) is 11.1 Å². The average Bonchev–Trinajstić information content (AvgIpc) is 3.46. The molecular formula is C32H29Cl2N3O2. The number of fused-ring (bicyclic) bond motifs is 2. The summed E-state index contributed by atoms with van der Waals surface area (Å²) in [5.74, 6) is 0.659. The summed E-state index contributed by atoms with van der Waals surface area (Å²) in [4.78, 5) is 13.8. The first-order chi connectivity index (χ1) is 19.0. The molecule has 5 nitrogen and oxygen atoms in total. The molecule has 7 heteroatoms. The van der Waals surface area contributed by atoms with Crippen LogP contribution in [-0.4, -0.2) is 22.8 Å². The van der Waals surface area contributed by atoms with E-state index in [4.69, 9.17) is 33.0 Å². The van der Waals surface area contributed by atoms with Gasteiger partial charge in [-0.05, 0) is 97.2 Å². The predicted octanol–water partition coefficient (Wildman–Crippen LogP) is 7.87. The van der Waals surface area contributed by atoms with Gasteiger partial charge in [0.1, 0.15) is 5.75 Å². The van der Waals surface area contributed by atoms with Gasteiger partial charge in [0.05, 0.1) is 29.6 Å². The maximum absolute atomic E-state index is 13.8. The Hall–Kier alpha value is -3.54. The fraction of sp³-hybridized carbons (Fsp3) is 0.250. The minimum Gasteiger partial charge on any atom is -0.497 e. The van der Waals surface area contributed by atoms with Crippen LogP contribution in [0.4, 0.5) is 0 Å². The number of rotatable bonds is 5. The molecule has 198 valence electrons. The number of methoxy groups -OCH3 is 1. The van der Waals surface area contributed by atoms with Crippen molar-refractivity contribution in [2.45, 2.75) is 44.6 Å². The Labute approximate surface area is 238 Å². The lowest BCUT2D eigenvalue weighted by atomic mass is 10.0. The third-order valence-electron chi connectivity index (χ3n) is 7.66. The SMILES string of the molecule is COc1ccc(C=C2CCCCc3c(C(=O)N[C@@H]4CCc5ccccc54)nn(-c4ccc(Cl)cc4Cl)c32)cc1. The molecule has 0 saturated carbocycles. The summed E-state index contributed by atoms with van der Waals surface area (Å²) in [7, 11) is 1.66. The van der Waals surface area contributed by atoms with Gasteiger partial charge in [0.25, 0.3) is 5.91 Å². The molecule has 2 aliphatic carbocycles. The van der Waals surface area contributed by atoms with E-state index in [1.807, 2.05) is 41.1 Å². The zero-order chi connectivity index (χ0) is 26.9. The summed E-state index contributed by atoms with van der Waals surface area (Å²) in [6.07, 6.45) is 7.65. The van der Waals surface area contributed by atoms with E-state index in [0.29, 0.717) is 21.4 Å². The molecule has 1 heterocycles. The van der Waals surface area contributed by atoms with E-state index < -0.39 is 0 Å². The van der Waals surface area contributed by atoms with Gasteiger partial charge in [0, 0.05) is 10.6 Å². The Kier molecular flexibility index (Phi) is 7.20. The fourth-order valence-corrected chi connectivity index (χ4v) is 6.23. The predicted molar refractivity (Wildman–Crippen MR) is 157 cm³/mol. The second kappa shape index (κ2) is 10.9. The van der Waals surface area contributed by atoms with Gasteiger partial charge in [-0.15, -0.1) is 0 Å². The van der Waals surface area contributed by atoms with Crippen molar-refractivity contribution < 1.29 is 9.53 Å². The number of ether oxygens (including phenoxy) is 1. The highest BCUT2D eigenvalue weighted by molar-refractivity contribution is 6.35. The summed E-state index contributed by atoms with van der Waals surface area (Å²) in [5.41, 5.74) is 7.72. The highest BCUT2D eigenvalue weighted by Gasteiger charge is 2.31. The topological polar surface area (TPSA) is 56.1 Å². The maximum Gasteiger partial charge on any atom is 0.272 e. The molecule has 3 aromatic carbocycles. The molecule has 0 spiro atoms. The summed E-state index contributed by atoms with van der Waals surface area (Å²) in [6.45, 7) is 0. The highest BCUT2D eigenvalue weighted by Crippen LogP contribution is 2.38. The van der Waals surface area contributed by atoms with Crippen LogP contribution in [0.1, 0.15) is 70.2 Å². The molecule has 0 fully saturated rings. The van der Waals surface area contributed by atoms with Crippen LogP contribution in [0, 0.1) is 0 Å². The normalized spacial score (nSPS) is 17.4. The molecule has 0 bridgehead atoms. The van der Waals surface area contributed by atoms with Gasteiger partial charge in [-0.25, -0.2) is 4.68 Å². The minimum absolute atomic E-state index is 0.0197. The molecule has 4 aromatic rings. The molecule has 0 unspecified atom stereocenters. The Balaban J connectivity index is 1.46. The van der Waals surface area contributed by atoms with E-state index in [2.05, 4.69) is 29.6 Å². The number of halogens is 2. The number of hydrogen-bond acceptors (Lipinski definition) is 3. The highest BCUT2D eigenvalue weighted by atomic mass is 35.5. The van der Waals surface area contributed by atoms with Gasteiger partial charge >= 0.3 is 0 Å². The largest absolute Gasteiger partial charge is 0.497 e. The van der Waals surface area contributed by atoms with Crippen molar-refractivity contribution in [3.63, 3.8) is 0 Å². The van der Waals surface area contributed by atoms with Gasteiger partial charge in [-0.1, -0.05) is 59.6 Å². The van der Waals surface area contributed by atoms with E-state index in [-0.39, 0.29) is 11.9 Å². The van der Waals surface area contributed by atoms with Crippen LogP contribution < -0.4 is 10.1 Å². The number of hydrogen-bond donors (Lipinski definition) is 1. The number of carbonyl (C=O) groups is 1. The van der Waals surface area contributed by atoms with Gasteiger partial charge in [-0.3, -0.25) is 4.79 Å². The van der Waals surface area contributed by atoms with Crippen molar-refractivity contribution in [2.75, 3.05) is 7.11 Å². The number of nitrogens with zero attached hydrogens (tertiary/aromatic N) is 2. The monoisotopic (exact) mass is 557 g/mol. The first-order valence-electron chi connectivity index (χ1n) is 13.3. The Morgan fingerprint density at radius 3 is 2.62 bits per heavy atom. The lowest BCUT2D eigenvalue weighted by Gasteiger charge is -2.14. The molecule has 0 radical (unpaired) electrons. The molecule has 6 rings (SSSR count). The van der Waals surface area contributed by atoms with Crippen molar-refractivity contribution in [1.82, 2.24) is 15.1 Å². The summed E-state index contributed by atoms with van der Waals surface area (Å²) >= 11 is 12.9. The van der Waals surface area contributed by atoms with E-state index in [1.54, 1.807) is 19.2 Å². The van der Waals surface area contributed by atoms with Gasteiger partial charge in [0.15, 0.2) is 5.69 Å². The first kappa shape index (κ1) is 25.7. The zero-order valence-electron chi connectivity index (χ0n) is 21.7. The van der Waals surface area contributed by atoms with E-state index >= 15 is 0 Å². The molecule has 1 atom stereocenters. The smallest absolute Gasteiger partial charge is 0.272 e. The maximum atomic E-state index is 13.8. The number of carbonyl (C=O) groups excluding carboxylic acids is 1. The average molecular weight is 559 g/mol. The van der Waals surface area contributed by atoms with Crippen LogP contribution >= 0.6 is 23.2 Å². The van der Waals surface area contributed by atoms with E-state index in [9.17, 15) is 4.79 Å². The van der Waals surface area contributed by atoms with Crippen molar-refractivity contribution in [3.8, 4) is 11.4 Å². The van der Waals surface area contributed by atoms with Crippen LogP contribution in [0.25, 0.3) is 17.3 Å². The number of amides is 1. The van der Waals surface area contributed by atoms with Crippen molar-refractivity contribution in [3.05, 3.63) is 110 Å². The number of nitrogens with one attached hydrogen (secondary N) is 1. The summed E-state index contributed by atoms with van der Waals surface area (Å²) in [5, 5.41) is 9.25. The van der Waals surface area contributed by atoms with Gasteiger partial charge < -0.3 is 10.1 Å². The lowest BCUT2D eigenvalue weighted by Crippen LogP contribution is -2.28. The van der Waals surface area contributed by atoms with Crippen LogP contribution in [0.15, 0.2) is 66.7 Å². The third kappa shape index (κ3) is 5.09. The molecule has 1 aromatic heterocycles. The van der Waals surface area contributed by atoms with Crippen molar-refractivity contribution in [1.29, 1.82) is 0 Å². The number of aromatic nitrogens is 2. The Bertz CT molecular complexity index is 1570. The molecule has 2 aliphatic rings. The Morgan fingerprint density at radius 1 is 1.03 bits per heavy atom. The second-order valence-corrected chi connectivity index (χ2v) is 10.9. The molecule has 1 N–H and O–H groups in total. The van der Waals surface area contributed by atoms with Crippen molar-refractivity contribution >= 4 is 40.8 Å². The number of allylic oxidation sites excluding steroid dienone is 1. The zero-order valence-corrected chi connectivity index (χ0v) is 23.2. The van der Waals surface area contributed by atoms with Crippen molar-refractivity contribution in [2.24, 2.45) is 0 Å². The lowest BCUT2D eigenvalue weighted by molar-refractivity contribution is 0.0930. The molecule has 0 aliphatic heterocycles. The summed E-state index contributed by atoms with van der Waals surface area (Å²) < 4.78 is 7.18. The number of aryl methyl sites for hydroxylation is 1. The van der Waals surface area contributed by atoms with Gasteiger partial charge in [-0.2, -0.15) is 5.10 Å². The summed E-state index contributed by atoms with van der Waals surface area (Å²) in [6, 6.07) is 21.7. The van der Waals surface area contributed by atoms with Crippen LogP contribution in [0.3, 0.4) is 0 Å². The van der Waals surface area contributed by atoms with E-state index in [0.717, 1.165) is 66.7 Å². The quantitative estimate of drug-likeness (QED) is 0.254. The third-order valence-corrected chi connectivity index (χ3v) is 8.20. The molecule has 39 heavy (non-hydrogen) atoms. The molecular weight excluding hydrogens is 529 g/mol. The number of benzene rings is 3. The fourth-order valence-electron chi connectivity index (χ4n) is 5.74. The molecule has 0 saturated heterocycles. The second-order valence-electron chi connectivity index (χ2n) is 10.1. The van der Waals surface area contributed by atoms with Crippen LogP contribution in [0.5, 0.6) is 5.75 Å². The van der Waals surface area contributed by atoms with Crippen LogP contribution in [-0.2, 0) is 12.8 Å². The molecule has 1 amide bonds. The Morgan fingerprint density at radius 2 is 1.82 bits per heavy atom. The first-order valence-corrected chi connectivity index (χ1v) is 14.1.